The normalized spacial score (nSPS) is 14.3. The minimum absolute atomic E-state index is 0.281. The highest BCUT2D eigenvalue weighted by molar-refractivity contribution is 5.10. The predicted molar refractivity (Wildman–Crippen MR) is 69.9 cm³/mol. The quantitative estimate of drug-likeness (QED) is 0.826. The minimum Gasteiger partial charge on any atom is -0.385 e. The van der Waals surface area contributed by atoms with Crippen LogP contribution in [0.2, 0.25) is 0 Å². The maximum Gasteiger partial charge on any atom is 0.113 e. The molecule has 1 aromatic heterocycles. The second-order valence-corrected chi connectivity index (χ2v) is 4.80. The summed E-state index contributed by atoms with van der Waals surface area (Å²) >= 11 is 0. The molecule has 1 heterocycles. The standard InChI is InChI=1S/C13H25N3O/c1-6-15(7-2)13(4,5)12(17)11-9-10-14-16(11)8-3/h9-10,12,17H,6-8H2,1-5H3. The average Bonchev–Trinajstić information content (AvgIpc) is 2.77. The smallest absolute Gasteiger partial charge is 0.113 e. The molecule has 0 bridgehead atoms. The number of rotatable bonds is 6. The van der Waals surface area contributed by atoms with Crippen molar-refractivity contribution in [2.75, 3.05) is 13.1 Å². The molecule has 0 amide bonds. The molecule has 0 radical (unpaired) electrons. The van der Waals surface area contributed by atoms with Gasteiger partial charge in [-0.05, 0) is 39.9 Å². The van der Waals surface area contributed by atoms with Crippen molar-refractivity contribution in [3.63, 3.8) is 0 Å². The Labute approximate surface area is 104 Å². The van der Waals surface area contributed by atoms with Crippen LogP contribution in [-0.4, -0.2) is 38.4 Å². The van der Waals surface area contributed by atoms with Gasteiger partial charge in [0.15, 0.2) is 0 Å². The van der Waals surface area contributed by atoms with Crippen molar-refractivity contribution < 1.29 is 5.11 Å². The van der Waals surface area contributed by atoms with Gasteiger partial charge in [0.25, 0.3) is 0 Å². The highest BCUT2D eigenvalue weighted by Gasteiger charge is 2.35. The molecule has 98 valence electrons. The minimum atomic E-state index is -0.523. The predicted octanol–water partition coefficient (Wildman–Crippen LogP) is 2.06. The van der Waals surface area contributed by atoms with Crippen molar-refractivity contribution in [3.05, 3.63) is 18.0 Å². The van der Waals surface area contributed by atoms with Crippen molar-refractivity contribution in [3.8, 4) is 0 Å². The first kappa shape index (κ1) is 14.2. The summed E-state index contributed by atoms with van der Waals surface area (Å²) < 4.78 is 1.86. The lowest BCUT2D eigenvalue weighted by Crippen LogP contribution is -2.48. The Morgan fingerprint density at radius 3 is 2.41 bits per heavy atom. The topological polar surface area (TPSA) is 41.3 Å². The van der Waals surface area contributed by atoms with Gasteiger partial charge in [0, 0.05) is 18.3 Å². The molecule has 1 rings (SSSR count). The molecule has 17 heavy (non-hydrogen) atoms. The molecule has 1 unspecified atom stereocenters. The highest BCUT2D eigenvalue weighted by Crippen LogP contribution is 2.30. The van der Waals surface area contributed by atoms with Crippen molar-refractivity contribution in [2.45, 2.75) is 52.8 Å². The lowest BCUT2D eigenvalue weighted by molar-refractivity contribution is -0.0110. The summed E-state index contributed by atoms with van der Waals surface area (Å²) in [5, 5.41) is 14.8. The van der Waals surface area contributed by atoms with Gasteiger partial charge >= 0.3 is 0 Å². The zero-order chi connectivity index (χ0) is 13.1. The van der Waals surface area contributed by atoms with Crippen molar-refractivity contribution >= 4 is 0 Å². The van der Waals surface area contributed by atoms with E-state index in [-0.39, 0.29) is 5.54 Å². The Bertz CT molecular complexity index is 342. The number of nitrogens with zero attached hydrogens (tertiary/aromatic N) is 3. The van der Waals surface area contributed by atoms with E-state index in [2.05, 4.69) is 37.7 Å². The molecular formula is C13H25N3O. The number of likely N-dealkylation sites (N-methyl/N-ethyl adjacent to an activating group) is 1. The van der Waals surface area contributed by atoms with Crippen LogP contribution in [-0.2, 0) is 6.54 Å². The first-order chi connectivity index (χ1) is 7.98. The molecule has 1 aromatic rings. The highest BCUT2D eigenvalue weighted by atomic mass is 16.3. The molecular weight excluding hydrogens is 214 g/mol. The molecule has 0 aliphatic heterocycles. The van der Waals surface area contributed by atoms with E-state index < -0.39 is 6.10 Å². The maximum atomic E-state index is 10.6. The fourth-order valence-electron chi connectivity index (χ4n) is 2.41. The average molecular weight is 239 g/mol. The van der Waals surface area contributed by atoms with Gasteiger partial charge in [0.1, 0.15) is 6.10 Å². The van der Waals surface area contributed by atoms with Crippen LogP contribution in [0.25, 0.3) is 0 Å². The van der Waals surface area contributed by atoms with Crippen LogP contribution < -0.4 is 0 Å². The molecule has 0 saturated heterocycles. The first-order valence-electron chi connectivity index (χ1n) is 6.43. The fraction of sp³-hybridized carbons (Fsp3) is 0.769. The fourth-order valence-corrected chi connectivity index (χ4v) is 2.41. The van der Waals surface area contributed by atoms with Crippen LogP contribution in [0.15, 0.2) is 12.3 Å². The van der Waals surface area contributed by atoms with Gasteiger partial charge in [-0.3, -0.25) is 9.58 Å². The Morgan fingerprint density at radius 2 is 1.94 bits per heavy atom. The second-order valence-electron chi connectivity index (χ2n) is 4.80. The third kappa shape index (κ3) is 2.69. The van der Waals surface area contributed by atoms with Gasteiger partial charge in [-0.2, -0.15) is 5.10 Å². The Hall–Kier alpha value is -0.870. The molecule has 0 aliphatic carbocycles. The Balaban J connectivity index is 2.98. The van der Waals surface area contributed by atoms with Crippen LogP contribution >= 0.6 is 0 Å². The summed E-state index contributed by atoms with van der Waals surface area (Å²) in [5.41, 5.74) is 0.612. The van der Waals surface area contributed by atoms with Gasteiger partial charge in [-0.15, -0.1) is 0 Å². The lowest BCUT2D eigenvalue weighted by atomic mass is 9.92. The maximum absolute atomic E-state index is 10.6. The first-order valence-corrected chi connectivity index (χ1v) is 6.43. The number of aliphatic hydroxyl groups is 1. The van der Waals surface area contributed by atoms with Crippen molar-refractivity contribution in [1.29, 1.82) is 0 Å². The van der Waals surface area contributed by atoms with Crippen LogP contribution in [0.1, 0.15) is 46.4 Å². The Kier molecular flexibility index (Phi) is 4.71. The zero-order valence-electron chi connectivity index (χ0n) is 11.6. The van der Waals surface area contributed by atoms with E-state index in [4.69, 9.17) is 0 Å². The third-order valence-electron chi connectivity index (χ3n) is 3.58. The summed E-state index contributed by atoms with van der Waals surface area (Å²) in [4.78, 5) is 2.27. The molecule has 4 nitrogen and oxygen atoms in total. The van der Waals surface area contributed by atoms with Gasteiger partial charge in [0.2, 0.25) is 0 Å². The number of aryl methyl sites for hydroxylation is 1. The van der Waals surface area contributed by atoms with Crippen LogP contribution in [0.5, 0.6) is 0 Å². The van der Waals surface area contributed by atoms with Gasteiger partial charge in [-0.1, -0.05) is 13.8 Å². The van der Waals surface area contributed by atoms with E-state index in [0.29, 0.717) is 0 Å². The lowest BCUT2D eigenvalue weighted by Gasteiger charge is -2.40. The SMILES string of the molecule is CCN(CC)C(C)(C)C(O)c1ccnn1CC. The number of aliphatic hydroxyl groups excluding tert-OH is 1. The Morgan fingerprint density at radius 1 is 1.35 bits per heavy atom. The second kappa shape index (κ2) is 5.65. The van der Waals surface area contributed by atoms with E-state index >= 15 is 0 Å². The number of hydrogen-bond donors (Lipinski definition) is 1. The summed E-state index contributed by atoms with van der Waals surface area (Å²) in [5.74, 6) is 0. The molecule has 4 heteroatoms. The van der Waals surface area contributed by atoms with Gasteiger partial charge in [-0.25, -0.2) is 0 Å². The monoisotopic (exact) mass is 239 g/mol. The molecule has 1 N–H and O–H groups in total. The molecule has 0 aromatic carbocycles. The summed E-state index contributed by atoms with van der Waals surface area (Å²) in [6.45, 7) is 13.1. The molecule has 1 atom stereocenters. The molecule has 0 saturated carbocycles. The third-order valence-corrected chi connectivity index (χ3v) is 3.58. The van der Waals surface area contributed by atoms with E-state index in [1.54, 1.807) is 6.20 Å². The van der Waals surface area contributed by atoms with Crippen LogP contribution in [0, 0.1) is 0 Å². The summed E-state index contributed by atoms with van der Waals surface area (Å²) in [6.07, 6.45) is 1.23. The molecule has 0 spiro atoms. The molecule has 0 aliphatic rings. The number of hydrogen-bond acceptors (Lipinski definition) is 3. The van der Waals surface area contributed by atoms with E-state index in [0.717, 1.165) is 25.3 Å². The van der Waals surface area contributed by atoms with Gasteiger partial charge in [0.05, 0.1) is 5.69 Å². The molecule has 0 fully saturated rings. The summed E-state index contributed by atoms with van der Waals surface area (Å²) in [7, 11) is 0. The van der Waals surface area contributed by atoms with E-state index in [1.807, 2.05) is 17.7 Å². The largest absolute Gasteiger partial charge is 0.385 e. The van der Waals surface area contributed by atoms with Crippen LogP contribution in [0.3, 0.4) is 0 Å². The van der Waals surface area contributed by atoms with Crippen molar-refractivity contribution in [2.24, 2.45) is 0 Å². The van der Waals surface area contributed by atoms with Crippen molar-refractivity contribution in [1.82, 2.24) is 14.7 Å². The van der Waals surface area contributed by atoms with E-state index in [1.165, 1.54) is 0 Å². The van der Waals surface area contributed by atoms with Gasteiger partial charge < -0.3 is 5.11 Å². The van der Waals surface area contributed by atoms with E-state index in [9.17, 15) is 5.11 Å². The summed E-state index contributed by atoms with van der Waals surface area (Å²) in [6, 6.07) is 1.90. The van der Waals surface area contributed by atoms with Crippen LogP contribution in [0.4, 0.5) is 0 Å². The number of aromatic nitrogens is 2. The zero-order valence-corrected chi connectivity index (χ0v) is 11.6.